The van der Waals surface area contributed by atoms with Crippen molar-refractivity contribution < 1.29 is 5.11 Å². The van der Waals surface area contributed by atoms with Crippen molar-refractivity contribution in [1.82, 2.24) is 0 Å². The van der Waals surface area contributed by atoms with Gasteiger partial charge in [0.05, 0.1) is 0 Å². The number of hydrogen-bond acceptors (Lipinski definition) is 2. The van der Waals surface area contributed by atoms with Gasteiger partial charge in [0.15, 0.2) is 0 Å². The van der Waals surface area contributed by atoms with Crippen LogP contribution in [0.25, 0.3) is 0 Å². The standard InChI is InChI=1S/C14H14OS/c15-14(13-8-4-10-16-13)9-3-6-11-5-1-2-7-12(11)14/h1-2,4-5,7-8,10,15H,3,6,9H2. The van der Waals surface area contributed by atoms with Crippen LogP contribution >= 0.6 is 11.3 Å². The van der Waals surface area contributed by atoms with Crippen LogP contribution in [0, 0.1) is 0 Å². The zero-order chi connectivity index (χ0) is 11.0. The van der Waals surface area contributed by atoms with E-state index in [1.54, 1.807) is 11.3 Å². The summed E-state index contributed by atoms with van der Waals surface area (Å²) in [5, 5.41) is 12.9. The summed E-state index contributed by atoms with van der Waals surface area (Å²) in [4.78, 5) is 1.07. The molecule has 2 heteroatoms. The second-order valence-electron chi connectivity index (χ2n) is 4.35. The highest BCUT2D eigenvalue weighted by Gasteiger charge is 2.36. The monoisotopic (exact) mass is 230 g/mol. The zero-order valence-corrected chi connectivity index (χ0v) is 9.83. The van der Waals surface area contributed by atoms with E-state index >= 15 is 0 Å². The van der Waals surface area contributed by atoms with E-state index in [2.05, 4.69) is 18.2 Å². The van der Waals surface area contributed by atoms with Crippen LogP contribution in [0.4, 0.5) is 0 Å². The molecule has 0 bridgehead atoms. The van der Waals surface area contributed by atoms with E-state index in [1.165, 1.54) is 5.56 Å². The minimum absolute atomic E-state index is 0.747. The highest BCUT2D eigenvalue weighted by molar-refractivity contribution is 7.10. The Morgan fingerprint density at radius 2 is 2.00 bits per heavy atom. The summed E-state index contributed by atoms with van der Waals surface area (Å²) in [7, 11) is 0. The fraction of sp³-hybridized carbons (Fsp3) is 0.286. The Bertz CT molecular complexity index is 489. The molecule has 0 saturated heterocycles. The van der Waals surface area contributed by atoms with Crippen LogP contribution in [-0.4, -0.2) is 5.11 Å². The van der Waals surface area contributed by atoms with Crippen LogP contribution in [0.15, 0.2) is 41.8 Å². The van der Waals surface area contributed by atoms with Crippen molar-refractivity contribution in [1.29, 1.82) is 0 Å². The first-order chi connectivity index (χ1) is 7.81. The van der Waals surface area contributed by atoms with Gasteiger partial charge in [0, 0.05) is 4.88 Å². The fourth-order valence-corrected chi connectivity index (χ4v) is 3.45. The molecule has 1 aromatic carbocycles. The van der Waals surface area contributed by atoms with Crippen LogP contribution in [0.2, 0.25) is 0 Å². The molecule has 0 amide bonds. The molecule has 1 aliphatic carbocycles. The summed E-state index contributed by atoms with van der Waals surface area (Å²) in [5.41, 5.74) is 1.65. The van der Waals surface area contributed by atoms with Crippen molar-refractivity contribution >= 4 is 11.3 Å². The lowest BCUT2D eigenvalue weighted by Crippen LogP contribution is -2.30. The average Bonchev–Trinajstić information content (AvgIpc) is 2.84. The summed E-state index contributed by atoms with van der Waals surface area (Å²) in [6.45, 7) is 0. The van der Waals surface area contributed by atoms with Gasteiger partial charge < -0.3 is 5.11 Å². The van der Waals surface area contributed by atoms with E-state index in [9.17, 15) is 5.11 Å². The van der Waals surface area contributed by atoms with E-state index in [0.29, 0.717) is 0 Å². The Balaban J connectivity index is 2.17. The molecule has 2 aromatic rings. The van der Waals surface area contributed by atoms with Crippen molar-refractivity contribution in [2.24, 2.45) is 0 Å². The van der Waals surface area contributed by atoms with Gasteiger partial charge in [-0.2, -0.15) is 0 Å². The molecule has 1 nitrogen and oxygen atoms in total. The molecule has 3 rings (SSSR count). The molecule has 0 aliphatic heterocycles. The summed E-state index contributed by atoms with van der Waals surface area (Å²) >= 11 is 1.64. The van der Waals surface area contributed by atoms with E-state index in [1.807, 2.05) is 23.6 Å². The lowest BCUT2D eigenvalue weighted by Gasteiger charge is -2.33. The normalized spacial score (nSPS) is 24.1. The predicted molar refractivity (Wildman–Crippen MR) is 66.7 cm³/mol. The summed E-state index contributed by atoms with van der Waals surface area (Å²) in [6, 6.07) is 12.3. The smallest absolute Gasteiger partial charge is 0.124 e. The van der Waals surface area contributed by atoms with E-state index < -0.39 is 5.60 Å². The second kappa shape index (κ2) is 3.72. The maximum Gasteiger partial charge on any atom is 0.124 e. The lowest BCUT2D eigenvalue weighted by atomic mass is 9.78. The van der Waals surface area contributed by atoms with Crippen LogP contribution in [0.5, 0.6) is 0 Å². The zero-order valence-electron chi connectivity index (χ0n) is 9.02. The van der Waals surface area contributed by atoms with E-state index in [0.717, 1.165) is 29.7 Å². The molecule has 0 spiro atoms. The molecular weight excluding hydrogens is 216 g/mol. The van der Waals surface area contributed by atoms with Gasteiger partial charge in [-0.1, -0.05) is 30.3 Å². The topological polar surface area (TPSA) is 20.2 Å². The van der Waals surface area contributed by atoms with E-state index in [4.69, 9.17) is 0 Å². The Morgan fingerprint density at radius 3 is 2.81 bits per heavy atom. The summed E-state index contributed by atoms with van der Waals surface area (Å²) in [5.74, 6) is 0. The van der Waals surface area contributed by atoms with Gasteiger partial charge in [-0.05, 0) is 41.8 Å². The molecule has 0 radical (unpaired) electrons. The largest absolute Gasteiger partial charge is 0.380 e. The molecule has 0 fully saturated rings. The maximum absolute atomic E-state index is 10.9. The number of rotatable bonds is 1. The van der Waals surface area contributed by atoms with Gasteiger partial charge >= 0.3 is 0 Å². The first-order valence-electron chi connectivity index (χ1n) is 5.65. The maximum atomic E-state index is 10.9. The minimum Gasteiger partial charge on any atom is -0.380 e. The average molecular weight is 230 g/mol. The SMILES string of the molecule is OC1(c2cccs2)CCCc2ccccc21. The van der Waals surface area contributed by atoms with Crippen molar-refractivity contribution in [3.63, 3.8) is 0 Å². The molecule has 1 unspecified atom stereocenters. The molecule has 1 aliphatic rings. The Hall–Kier alpha value is -1.12. The molecule has 16 heavy (non-hydrogen) atoms. The predicted octanol–water partition coefficient (Wildman–Crippen LogP) is 3.32. The first kappa shape index (κ1) is 10.1. The molecule has 1 aromatic heterocycles. The van der Waals surface area contributed by atoms with E-state index in [-0.39, 0.29) is 0 Å². The number of thiophene rings is 1. The van der Waals surface area contributed by atoms with Crippen molar-refractivity contribution in [2.75, 3.05) is 0 Å². The van der Waals surface area contributed by atoms with Crippen molar-refractivity contribution in [3.8, 4) is 0 Å². The fourth-order valence-electron chi connectivity index (χ4n) is 2.58. The van der Waals surface area contributed by atoms with Gasteiger partial charge in [-0.3, -0.25) is 0 Å². The third-order valence-electron chi connectivity index (χ3n) is 3.38. The van der Waals surface area contributed by atoms with Crippen molar-refractivity contribution in [3.05, 3.63) is 57.8 Å². The van der Waals surface area contributed by atoms with Gasteiger partial charge in [0.25, 0.3) is 0 Å². The minimum atomic E-state index is -0.747. The quantitative estimate of drug-likeness (QED) is 0.796. The highest BCUT2D eigenvalue weighted by Crippen LogP contribution is 2.41. The van der Waals surface area contributed by atoms with Crippen LogP contribution in [0.3, 0.4) is 0 Å². The summed E-state index contributed by atoms with van der Waals surface area (Å²) < 4.78 is 0. The summed E-state index contributed by atoms with van der Waals surface area (Å²) in [6.07, 6.45) is 2.99. The van der Waals surface area contributed by atoms with Crippen molar-refractivity contribution in [2.45, 2.75) is 24.9 Å². The number of hydrogen-bond donors (Lipinski definition) is 1. The third kappa shape index (κ3) is 1.41. The molecule has 1 atom stereocenters. The molecular formula is C14H14OS. The van der Waals surface area contributed by atoms with Crippen LogP contribution in [0.1, 0.15) is 28.8 Å². The second-order valence-corrected chi connectivity index (χ2v) is 5.30. The Morgan fingerprint density at radius 1 is 1.12 bits per heavy atom. The first-order valence-corrected chi connectivity index (χ1v) is 6.53. The number of fused-ring (bicyclic) bond motifs is 1. The molecule has 0 saturated carbocycles. The molecule has 82 valence electrons. The van der Waals surface area contributed by atoms with Gasteiger partial charge in [-0.25, -0.2) is 0 Å². The van der Waals surface area contributed by atoms with Gasteiger partial charge in [0.1, 0.15) is 5.60 Å². The highest BCUT2D eigenvalue weighted by atomic mass is 32.1. The van der Waals surface area contributed by atoms with Gasteiger partial charge in [-0.15, -0.1) is 11.3 Å². The van der Waals surface area contributed by atoms with Gasteiger partial charge in [0.2, 0.25) is 0 Å². The lowest BCUT2D eigenvalue weighted by molar-refractivity contribution is 0.0653. The Kier molecular flexibility index (Phi) is 2.34. The number of benzene rings is 1. The third-order valence-corrected chi connectivity index (χ3v) is 4.40. The van der Waals surface area contributed by atoms with Crippen LogP contribution < -0.4 is 0 Å². The Labute approximate surface area is 99.4 Å². The molecule has 1 heterocycles. The van der Waals surface area contributed by atoms with Crippen LogP contribution in [-0.2, 0) is 12.0 Å². The number of aryl methyl sites for hydroxylation is 1. The number of aliphatic hydroxyl groups is 1. The molecule has 1 N–H and O–H groups in total.